The molecule has 3 aromatic carbocycles. The number of rotatable bonds is 8. The van der Waals surface area contributed by atoms with E-state index < -0.39 is 7.28 Å². The zero-order valence-corrected chi connectivity index (χ0v) is 50.3. The molecule has 1 saturated heterocycles. The monoisotopic (exact) mass is 941 g/mol. The molecular weight excluding hydrogens is 836 g/mol. The van der Waals surface area contributed by atoms with Gasteiger partial charge in [-0.1, -0.05) is 0 Å². The number of hydrogen-bond acceptors (Lipinski definition) is 3. The van der Waals surface area contributed by atoms with Crippen molar-refractivity contribution >= 4 is 17.9 Å². The zero-order chi connectivity index (χ0) is 52.0. The SMILES string of the molecule is CCCCC1(CC)COP(Oc2c(C(C)(C)C)cc(C(C)(C)C)cc2C(C)(C)C)(c2c(C(C)(C)C)cc(C(C)(C)C)cc2C(C)(C)C)(c2c(C(C)(C)C)cc(C(C)(C)C)cc2C(C)(C)C)OC1. The van der Waals surface area contributed by atoms with E-state index in [2.05, 4.69) is 237 Å². The average molecular weight is 942 g/mol. The van der Waals surface area contributed by atoms with Crippen LogP contribution in [0.25, 0.3) is 0 Å². The Morgan fingerprint density at radius 1 is 0.403 bits per heavy atom. The van der Waals surface area contributed by atoms with E-state index >= 15 is 0 Å². The molecule has 380 valence electrons. The normalized spacial score (nSPS) is 19.8. The van der Waals surface area contributed by atoms with E-state index in [9.17, 15) is 0 Å². The van der Waals surface area contributed by atoms with Crippen molar-refractivity contribution in [1.82, 2.24) is 0 Å². The first kappa shape index (κ1) is 57.4. The molecule has 0 spiro atoms. The second-order valence-corrected chi connectivity index (χ2v) is 33.8. The van der Waals surface area contributed by atoms with E-state index in [0.717, 1.165) is 42.0 Å². The third-order valence-electron chi connectivity index (χ3n) is 14.8. The van der Waals surface area contributed by atoms with Crippen molar-refractivity contribution in [2.24, 2.45) is 5.41 Å². The standard InChI is InChI=1S/C63H105O3P/c1-30-32-33-63(31-2)40-64-67(65-41-63,52-47(59(18,19)20)36-43(55(6,7)8)37-48(52)60(21,22)23,53-49(61(24,25)26)38-44(56(9,10)11)39-50(53)62(27,28)29)66-51-45(57(12,13)14)34-42(54(3,4)5)35-46(51)58(15,16)17/h34-39H,30-33,40-41H2,1-29H3. The van der Waals surface area contributed by atoms with Gasteiger partial charge in [-0.25, -0.2) is 0 Å². The van der Waals surface area contributed by atoms with Crippen LogP contribution in [0, 0.1) is 5.41 Å². The minimum absolute atomic E-state index is 0.0916. The number of unbranched alkanes of at least 4 members (excludes halogenated alkanes) is 1. The van der Waals surface area contributed by atoms with E-state index in [1.165, 1.54) is 50.1 Å². The van der Waals surface area contributed by atoms with Crippen LogP contribution in [0.3, 0.4) is 0 Å². The molecule has 0 atom stereocenters. The van der Waals surface area contributed by atoms with Crippen LogP contribution in [0.15, 0.2) is 36.4 Å². The Labute approximate surface area is 415 Å². The van der Waals surface area contributed by atoms with Gasteiger partial charge in [-0.2, -0.15) is 0 Å². The van der Waals surface area contributed by atoms with Gasteiger partial charge in [-0.3, -0.25) is 0 Å². The third-order valence-corrected chi connectivity index (χ3v) is 19.0. The molecule has 0 radical (unpaired) electrons. The van der Waals surface area contributed by atoms with Gasteiger partial charge < -0.3 is 0 Å². The Morgan fingerprint density at radius 2 is 0.657 bits per heavy atom. The Bertz CT molecular complexity index is 2050. The molecule has 1 aliphatic rings. The van der Waals surface area contributed by atoms with Gasteiger partial charge in [-0.15, -0.1) is 0 Å². The Hall–Kier alpha value is -2.19. The quantitative estimate of drug-likeness (QED) is 0.211. The topological polar surface area (TPSA) is 27.7 Å². The van der Waals surface area contributed by atoms with Gasteiger partial charge in [0.15, 0.2) is 0 Å². The van der Waals surface area contributed by atoms with Crippen molar-refractivity contribution in [3.63, 3.8) is 0 Å². The second-order valence-electron chi connectivity index (χ2n) is 30.5. The molecule has 0 bridgehead atoms. The van der Waals surface area contributed by atoms with Gasteiger partial charge in [0.25, 0.3) is 0 Å². The summed E-state index contributed by atoms with van der Waals surface area (Å²) < 4.78 is 26.3. The van der Waals surface area contributed by atoms with E-state index in [1.807, 2.05) is 0 Å². The van der Waals surface area contributed by atoms with Crippen LogP contribution in [-0.4, -0.2) is 13.2 Å². The van der Waals surface area contributed by atoms with Crippen molar-refractivity contribution in [3.05, 3.63) is 86.5 Å². The second kappa shape index (κ2) is 17.8. The predicted octanol–water partition coefficient (Wildman–Crippen LogP) is 18.3. The summed E-state index contributed by atoms with van der Waals surface area (Å²) in [6.07, 6.45) is 4.24. The fraction of sp³-hybridized carbons (Fsp3) is 0.714. The fourth-order valence-electron chi connectivity index (χ4n) is 9.87. The maximum atomic E-state index is 9.01. The van der Waals surface area contributed by atoms with E-state index in [-0.39, 0.29) is 54.1 Å². The minimum atomic E-state index is -5.01. The van der Waals surface area contributed by atoms with Gasteiger partial charge in [0.2, 0.25) is 0 Å². The summed E-state index contributed by atoms with van der Waals surface area (Å²) >= 11 is 0. The van der Waals surface area contributed by atoms with Crippen molar-refractivity contribution in [1.29, 1.82) is 0 Å². The summed E-state index contributed by atoms with van der Waals surface area (Å²) in [5.74, 6) is 0.919. The van der Waals surface area contributed by atoms with Gasteiger partial charge in [0.05, 0.1) is 0 Å². The van der Waals surface area contributed by atoms with E-state index in [1.54, 1.807) is 0 Å². The summed E-state index contributed by atoms with van der Waals surface area (Å²) in [6.45, 7) is 69.9. The van der Waals surface area contributed by atoms with Crippen LogP contribution in [0.4, 0.5) is 0 Å². The van der Waals surface area contributed by atoms with Crippen LogP contribution in [-0.2, 0) is 57.8 Å². The molecule has 3 nitrogen and oxygen atoms in total. The van der Waals surface area contributed by atoms with Gasteiger partial charge in [0.1, 0.15) is 0 Å². The molecule has 0 aromatic heterocycles. The molecule has 0 aliphatic carbocycles. The summed E-state index contributed by atoms with van der Waals surface area (Å²) in [5.41, 5.74) is 8.95. The van der Waals surface area contributed by atoms with Gasteiger partial charge in [0, 0.05) is 0 Å². The van der Waals surface area contributed by atoms with Gasteiger partial charge in [-0.05, 0) is 0 Å². The molecule has 0 unspecified atom stereocenters. The average Bonchev–Trinajstić information content (AvgIpc) is 3.13. The predicted molar refractivity (Wildman–Crippen MR) is 299 cm³/mol. The van der Waals surface area contributed by atoms with Crippen molar-refractivity contribution in [2.45, 2.75) is 275 Å². The molecule has 4 rings (SSSR count). The molecule has 3 aromatic rings. The molecule has 4 heteroatoms. The van der Waals surface area contributed by atoms with Crippen molar-refractivity contribution < 1.29 is 13.6 Å². The zero-order valence-electron chi connectivity index (χ0n) is 49.4. The van der Waals surface area contributed by atoms with E-state index in [4.69, 9.17) is 13.6 Å². The first-order chi connectivity index (χ1) is 29.7. The van der Waals surface area contributed by atoms with Crippen LogP contribution >= 0.6 is 7.28 Å². The Kier molecular flexibility index (Phi) is 15.3. The summed E-state index contributed by atoms with van der Waals surface area (Å²) in [5, 5.41) is 2.27. The molecule has 0 N–H and O–H groups in total. The van der Waals surface area contributed by atoms with Gasteiger partial charge >= 0.3 is 418 Å². The summed E-state index contributed by atoms with van der Waals surface area (Å²) in [4.78, 5) is 0. The summed E-state index contributed by atoms with van der Waals surface area (Å²) in [7, 11) is -5.01. The molecule has 1 heterocycles. The fourth-order valence-corrected chi connectivity index (χ4v) is 15.8. The van der Waals surface area contributed by atoms with Crippen LogP contribution in [0.5, 0.6) is 5.75 Å². The third kappa shape index (κ3) is 11.5. The van der Waals surface area contributed by atoms with Crippen molar-refractivity contribution in [2.75, 3.05) is 13.2 Å². The van der Waals surface area contributed by atoms with Crippen LogP contribution < -0.4 is 15.1 Å². The Morgan fingerprint density at radius 3 is 0.866 bits per heavy atom. The van der Waals surface area contributed by atoms with Crippen molar-refractivity contribution in [3.8, 4) is 5.75 Å². The van der Waals surface area contributed by atoms with E-state index in [0.29, 0.717) is 13.2 Å². The van der Waals surface area contributed by atoms with Crippen LogP contribution in [0.1, 0.15) is 277 Å². The number of benzene rings is 3. The molecule has 1 aliphatic heterocycles. The maximum absolute atomic E-state index is 9.01. The summed E-state index contributed by atoms with van der Waals surface area (Å²) in [6, 6.07) is 15.1. The van der Waals surface area contributed by atoms with Crippen LogP contribution in [0.2, 0.25) is 0 Å². The molecule has 0 amide bonds. The molecular formula is C63H105O3P. The molecule has 1 fully saturated rings. The first-order valence-corrected chi connectivity index (χ1v) is 28.3. The number of hydrogen-bond donors (Lipinski definition) is 0. The first-order valence-electron chi connectivity index (χ1n) is 26.3. The molecule has 67 heavy (non-hydrogen) atoms. The Balaban J connectivity index is 2.74. The molecule has 0 saturated carbocycles.